The van der Waals surface area contributed by atoms with E-state index in [0.29, 0.717) is 11.1 Å². The molecule has 6 heteroatoms. The summed E-state index contributed by atoms with van der Waals surface area (Å²) in [6, 6.07) is 13.6. The van der Waals surface area contributed by atoms with E-state index in [0.717, 1.165) is 5.56 Å². The summed E-state index contributed by atoms with van der Waals surface area (Å²) in [5, 5.41) is 15.8. The summed E-state index contributed by atoms with van der Waals surface area (Å²) in [5.74, 6) is -0.722. The number of hydrogen-bond donors (Lipinski definition) is 3. The highest BCUT2D eigenvalue weighted by atomic mass is 16.3. The molecule has 0 aromatic heterocycles. The smallest absolute Gasteiger partial charge is 0.259 e. The molecule has 0 spiro atoms. The number of amides is 2. The summed E-state index contributed by atoms with van der Waals surface area (Å²) in [5.41, 5.74) is 4.30. The van der Waals surface area contributed by atoms with Crippen molar-refractivity contribution in [3.63, 3.8) is 0 Å². The maximum absolute atomic E-state index is 11.8. The molecule has 2 aromatic carbocycles. The lowest BCUT2D eigenvalue weighted by atomic mass is 10.1. The average molecular weight is 311 g/mol. The van der Waals surface area contributed by atoms with E-state index in [1.807, 2.05) is 19.1 Å². The maximum Gasteiger partial charge on any atom is 0.259 e. The van der Waals surface area contributed by atoms with E-state index in [1.54, 1.807) is 30.3 Å². The van der Waals surface area contributed by atoms with Crippen LogP contribution in [0.2, 0.25) is 0 Å². The van der Waals surface area contributed by atoms with Crippen LogP contribution < -0.4 is 10.7 Å². The lowest BCUT2D eigenvalue weighted by Gasteiger charge is -2.04. The molecule has 2 aromatic rings. The number of para-hydroxylation sites is 1. The molecular formula is C17H17N3O3. The van der Waals surface area contributed by atoms with Crippen molar-refractivity contribution < 1.29 is 14.7 Å². The molecule has 2 rings (SSSR count). The van der Waals surface area contributed by atoms with Gasteiger partial charge >= 0.3 is 0 Å². The van der Waals surface area contributed by atoms with Crippen LogP contribution in [0.3, 0.4) is 0 Å². The Hall–Kier alpha value is -3.15. The number of nitrogens with one attached hydrogen (secondary N) is 2. The van der Waals surface area contributed by atoms with Crippen molar-refractivity contribution in [1.29, 1.82) is 0 Å². The molecule has 6 nitrogen and oxygen atoms in total. The molecule has 0 unspecified atom stereocenters. The summed E-state index contributed by atoms with van der Waals surface area (Å²) in [6.45, 7) is 1.74. The van der Waals surface area contributed by atoms with Crippen molar-refractivity contribution in [2.24, 2.45) is 5.10 Å². The van der Waals surface area contributed by atoms with Crippen LogP contribution in [0.15, 0.2) is 53.6 Å². The number of rotatable bonds is 5. The zero-order valence-electron chi connectivity index (χ0n) is 12.6. The van der Waals surface area contributed by atoms with E-state index in [2.05, 4.69) is 15.8 Å². The van der Waals surface area contributed by atoms with E-state index in [9.17, 15) is 14.7 Å². The molecule has 0 aliphatic heterocycles. The third-order valence-corrected chi connectivity index (χ3v) is 3.05. The monoisotopic (exact) mass is 311 g/mol. The van der Waals surface area contributed by atoms with Gasteiger partial charge < -0.3 is 10.4 Å². The van der Waals surface area contributed by atoms with Gasteiger partial charge in [0.2, 0.25) is 0 Å². The van der Waals surface area contributed by atoms with Gasteiger partial charge in [-0.1, -0.05) is 29.8 Å². The van der Waals surface area contributed by atoms with Crippen molar-refractivity contribution >= 4 is 18.0 Å². The summed E-state index contributed by atoms with van der Waals surface area (Å²) >= 11 is 0. The van der Waals surface area contributed by atoms with Crippen molar-refractivity contribution in [1.82, 2.24) is 10.7 Å². The molecule has 23 heavy (non-hydrogen) atoms. The lowest BCUT2D eigenvalue weighted by Crippen LogP contribution is -2.34. The second-order valence-corrected chi connectivity index (χ2v) is 4.90. The first-order valence-electron chi connectivity index (χ1n) is 7.01. The topological polar surface area (TPSA) is 90.8 Å². The van der Waals surface area contributed by atoms with Gasteiger partial charge in [-0.2, -0.15) is 5.10 Å². The van der Waals surface area contributed by atoms with Crippen molar-refractivity contribution in [3.8, 4) is 5.75 Å². The van der Waals surface area contributed by atoms with Crippen LogP contribution in [0.25, 0.3) is 0 Å². The summed E-state index contributed by atoms with van der Waals surface area (Å²) in [7, 11) is 0. The molecule has 0 bridgehead atoms. The van der Waals surface area contributed by atoms with Crippen molar-refractivity contribution in [2.75, 3.05) is 6.54 Å². The molecule has 3 N–H and O–H groups in total. The van der Waals surface area contributed by atoms with E-state index in [-0.39, 0.29) is 18.2 Å². The zero-order chi connectivity index (χ0) is 16.7. The SMILES string of the molecule is Cc1ccc(C(=O)NCC(=O)N/N=C\c2ccccc2O)cc1. The van der Waals surface area contributed by atoms with Gasteiger partial charge in [-0.3, -0.25) is 9.59 Å². The number of nitrogens with zero attached hydrogens (tertiary/aromatic N) is 1. The number of hydrazone groups is 1. The first-order chi connectivity index (χ1) is 11.1. The second-order valence-electron chi connectivity index (χ2n) is 4.90. The fraction of sp³-hybridized carbons (Fsp3) is 0.118. The second kappa shape index (κ2) is 7.74. The van der Waals surface area contributed by atoms with Crippen LogP contribution in [0, 0.1) is 6.92 Å². The van der Waals surface area contributed by atoms with Crippen molar-refractivity contribution in [2.45, 2.75) is 6.92 Å². The van der Waals surface area contributed by atoms with Gasteiger partial charge in [-0.25, -0.2) is 5.43 Å². The molecule has 0 aliphatic rings. The number of benzene rings is 2. The first kappa shape index (κ1) is 16.2. The number of aryl methyl sites for hydroxylation is 1. The fourth-order valence-corrected chi connectivity index (χ4v) is 1.78. The normalized spacial score (nSPS) is 10.5. The molecule has 0 fully saturated rings. The minimum absolute atomic E-state index is 0.0678. The molecule has 0 atom stereocenters. The number of carbonyl (C=O) groups is 2. The third-order valence-electron chi connectivity index (χ3n) is 3.05. The van der Waals surface area contributed by atoms with Crippen LogP contribution in [-0.4, -0.2) is 29.7 Å². The minimum atomic E-state index is -0.461. The number of phenols is 1. The molecule has 0 saturated heterocycles. The zero-order valence-corrected chi connectivity index (χ0v) is 12.6. The largest absolute Gasteiger partial charge is 0.507 e. The Balaban J connectivity index is 1.80. The number of aromatic hydroxyl groups is 1. The first-order valence-corrected chi connectivity index (χ1v) is 7.01. The van der Waals surface area contributed by atoms with Gasteiger partial charge in [0.25, 0.3) is 11.8 Å². The molecule has 0 saturated carbocycles. The van der Waals surface area contributed by atoms with Gasteiger partial charge in [0, 0.05) is 11.1 Å². The standard InChI is InChI=1S/C17H17N3O3/c1-12-6-8-13(9-7-12)17(23)18-11-16(22)20-19-10-14-4-2-3-5-15(14)21/h2-10,21H,11H2,1H3,(H,18,23)(H,20,22)/b19-10-. The van der Waals surface area contributed by atoms with Crippen molar-refractivity contribution in [3.05, 3.63) is 65.2 Å². The number of hydrogen-bond acceptors (Lipinski definition) is 4. The predicted molar refractivity (Wildman–Crippen MR) is 87.4 cm³/mol. The van der Waals surface area contributed by atoms with E-state index >= 15 is 0 Å². The average Bonchev–Trinajstić information content (AvgIpc) is 2.55. The minimum Gasteiger partial charge on any atom is -0.507 e. The Morgan fingerprint density at radius 3 is 2.52 bits per heavy atom. The van der Waals surface area contributed by atoms with Gasteiger partial charge in [-0.05, 0) is 31.2 Å². The van der Waals surface area contributed by atoms with Crippen LogP contribution >= 0.6 is 0 Å². The van der Waals surface area contributed by atoms with Gasteiger partial charge in [0.05, 0.1) is 12.8 Å². The summed E-state index contributed by atoms with van der Waals surface area (Å²) in [6.07, 6.45) is 1.33. The molecule has 0 heterocycles. The van der Waals surface area contributed by atoms with Crippen LogP contribution in [0.4, 0.5) is 0 Å². The Kier molecular flexibility index (Phi) is 5.46. The van der Waals surface area contributed by atoms with Crippen LogP contribution in [-0.2, 0) is 4.79 Å². The molecule has 0 radical (unpaired) electrons. The highest BCUT2D eigenvalue weighted by molar-refractivity contribution is 5.96. The molecular weight excluding hydrogens is 294 g/mol. The van der Waals surface area contributed by atoms with Crippen LogP contribution in [0.1, 0.15) is 21.5 Å². The molecule has 2 amide bonds. The van der Waals surface area contributed by atoms with Gasteiger partial charge in [0.1, 0.15) is 5.75 Å². The Morgan fingerprint density at radius 1 is 1.13 bits per heavy atom. The van der Waals surface area contributed by atoms with Gasteiger partial charge in [-0.15, -0.1) is 0 Å². The number of carbonyl (C=O) groups excluding carboxylic acids is 2. The van der Waals surface area contributed by atoms with E-state index in [1.165, 1.54) is 12.3 Å². The number of phenolic OH excluding ortho intramolecular Hbond substituents is 1. The van der Waals surface area contributed by atoms with E-state index in [4.69, 9.17) is 0 Å². The third kappa shape index (κ3) is 4.96. The van der Waals surface area contributed by atoms with Gasteiger partial charge in [0.15, 0.2) is 0 Å². The Labute approximate surface area is 133 Å². The highest BCUT2D eigenvalue weighted by Crippen LogP contribution is 2.12. The quantitative estimate of drug-likeness (QED) is 0.578. The molecule has 0 aliphatic carbocycles. The Bertz CT molecular complexity index is 724. The summed E-state index contributed by atoms with van der Waals surface area (Å²) < 4.78 is 0. The van der Waals surface area contributed by atoms with Crippen LogP contribution in [0.5, 0.6) is 5.75 Å². The highest BCUT2D eigenvalue weighted by Gasteiger charge is 2.07. The maximum atomic E-state index is 11.8. The molecule has 118 valence electrons. The predicted octanol–water partition coefficient (Wildman–Crippen LogP) is 1.58. The summed E-state index contributed by atoms with van der Waals surface area (Å²) in [4.78, 5) is 23.4. The lowest BCUT2D eigenvalue weighted by molar-refractivity contribution is -0.120. The fourth-order valence-electron chi connectivity index (χ4n) is 1.78. The Morgan fingerprint density at radius 2 is 1.83 bits per heavy atom. The van der Waals surface area contributed by atoms with E-state index < -0.39 is 5.91 Å².